The third-order valence-electron chi connectivity index (χ3n) is 4.46. The normalized spacial score (nSPS) is 18.7. The lowest BCUT2D eigenvalue weighted by atomic mass is 9.97. The predicted molar refractivity (Wildman–Crippen MR) is 90.0 cm³/mol. The van der Waals surface area contributed by atoms with Crippen LogP contribution in [-0.2, 0) is 6.42 Å². The summed E-state index contributed by atoms with van der Waals surface area (Å²) < 4.78 is 0. The van der Waals surface area contributed by atoms with E-state index < -0.39 is 5.60 Å². The van der Waals surface area contributed by atoms with Gasteiger partial charge in [0.2, 0.25) is 0 Å². The van der Waals surface area contributed by atoms with Gasteiger partial charge in [0.05, 0.1) is 5.60 Å². The smallest absolute Gasteiger partial charge is 0.254 e. The van der Waals surface area contributed by atoms with E-state index in [0.29, 0.717) is 12.5 Å². The van der Waals surface area contributed by atoms with Crippen molar-refractivity contribution in [2.45, 2.75) is 70.9 Å². The van der Waals surface area contributed by atoms with Gasteiger partial charge < -0.3 is 10.0 Å². The van der Waals surface area contributed by atoms with Crippen LogP contribution in [0.2, 0.25) is 0 Å². The van der Waals surface area contributed by atoms with Crippen molar-refractivity contribution in [1.82, 2.24) is 4.90 Å². The van der Waals surface area contributed by atoms with Crippen molar-refractivity contribution in [2.24, 2.45) is 0 Å². The molecule has 1 aliphatic rings. The number of benzene rings is 1. The van der Waals surface area contributed by atoms with E-state index in [1.54, 1.807) is 0 Å². The molecule has 1 N–H and O–H groups in total. The Morgan fingerprint density at radius 3 is 2.86 bits per heavy atom. The number of aliphatic hydroxyl groups is 1. The van der Waals surface area contributed by atoms with Gasteiger partial charge in [-0.05, 0) is 63.6 Å². The minimum absolute atomic E-state index is 0.168. The molecule has 3 nitrogen and oxygen atoms in total. The second-order valence-electron chi connectivity index (χ2n) is 7.10. The number of rotatable bonds is 6. The molecule has 122 valence electrons. The Morgan fingerprint density at radius 1 is 1.41 bits per heavy atom. The highest BCUT2D eigenvalue weighted by atomic mass is 16.3. The van der Waals surface area contributed by atoms with Gasteiger partial charge in [-0.15, -0.1) is 0 Å². The molecule has 1 aromatic carbocycles. The summed E-state index contributed by atoms with van der Waals surface area (Å²) >= 11 is 0. The average Bonchev–Trinajstić information content (AvgIpc) is 2.93. The molecular formula is C19H29NO2. The van der Waals surface area contributed by atoms with Crippen molar-refractivity contribution < 1.29 is 9.90 Å². The molecule has 1 aliphatic heterocycles. The first-order valence-electron chi connectivity index (χ1n) is 8.53. The highest BCUT2D eigenvalue weighted by Crippen LogP contribution is 2.24. The second-order valence-corrected chi connectivity index (χ2v) is 7.10. The monoisotopic (exact) mass is 303 g/mol. The molecule has 1 fully saturated rings. The van der Waals surface area contributed by atoms with Crippen LogP contribution in [0, 0.1) is 0 Å². The highest BCUT2D eigenvalue weighted by molar-refractivity contribution is 5.94. The van der Waals surface area contributed by atoms with Crippen LogP contribution in [0.1, 0.15) is 68.8 Å². The lowest BCUT2D eigenvalue weighted by Crippen LogP contribution is -2.35. The Kier molecular flexibility index (Phi) is 5.63. The zero-order valence-electron chi connectivity index (χ0n) is 14.1. The first kappa shape index (κ1) is 17.0. The fourth-order valence-electron chi connectivity index (χ4n) is 3.21. The fourth-order valence-corrected chi connectivity index (χ4v) is 3.21. The van der Waals surface area contributed by atoms with Gasteiger partial charge in [-0.25, -0.2) is 0 Å². The molecule has 0 aliphatic carbocycles. The van der Waals surface area contributed by atoms with Crippen LogP contribution in [-0.4, -0.2) is 34.1 Å². The van der Waals surface area contributed by atoms with Gasteiger partial charge in [-0.3, -0.25) is 4.79 Å². The Labute approximate surface area is 134 Å². The molecule has 1 aromatic rings. The SMILES string of the molecule is CCCC1CCCN1C(=O)c1cccc(CCC(C)(C)O)c1. The molecule has 1 heterocycles. The van der Waals surface area contributed by atoms with Gasteiger partial charge in [0, 0.05) is 18.2 Å². The van der Waals surface area contributed by atoms with E-state index in [1.807, 2.05) is 38.1 Å². The second kappa shape index (κ2) is 7.28. The molecule has 0 saturated carbocycles. The quantitative estimate of drug-likeness (QED) is 0.868. The Bertz CT molecular complexity index is 504. The van der Waals surface area contributed by atoms with E-state index in [9.17, 15) is 9.90 Å². The largest absolute Gasteiger partial charge is 0.390 e. The lowest BCUT2D eigenvalue weighted by Gasteiger charge is -2.24. The zero-order chi connectivity index (χ0) is 16.2. The van der Waals surface area contributed by atoms with E-state index in [4.69, 9.17) is 0 Å². The number of likely N-dealkylation sites (tertiary alicyclic amines) is 1. The summed E-state index contributed by atoms with van der Waals surface area (Å²) in [5.41, 5.74) is 1.25. The minimum atomic E-state index is -0.665. The van der Waals surface area contributed by atoms with E-state index in [-0.39, 0.29) is 5.91 Å². The summed E-state index contributed by atoms with van der Waals surface area (Å²) in [6.45, 7) is 6.71. The van der Waals surface area contributed by atoms with Crippen LogP contribution in [0.4, 0.5) is 0 Å². The number of carbonyl (C=O) groups excluding carboxylic acids is 1. The summed E-state index contributed by atoms with van der Waals surface area (Å²) in [7, 11) is 0. The van der Waals surface area contributed by atoms with Gasteiger partial charge in [0.1, 0.15) is 0 Å². The maximum atomic E-state index is 12.8. The molecule has 1 unspecified atom stereocenters. The number of aryl methyl sites for hydroxylation is 1. The number of hydrogen-bond donors (Lipinski definition) is 1. The summed E-state index contributed by atoms with van der Waals surface area (Å²) in [4.78, 5) is 14.8. The van der Waals surface area contributed by atoms with Gasteiger partial charge in [0.25, 0.3) is 5.91 Å². The van der Waals surface area contributed by atoms with Gasteiger partial charge in [-0.2, -0.15) is 0 Å². The number of nitrogens with zero attached hydrogens (tertiary/aromatic N) is 1. The van der Waals surface area contributed by atoms with Gasteiger partial charge in [0.15, 0.2) is 0 Å². The van der Waals surface area contributed by atoms with Crippen molar-refractivity contribution in [3.8, 4) is 0 Å². The number of hydrogen-bond acceptors (Lipinski definition) is 2. The number of amides is 1. The summed E-state index contributed by atoms with van der Waals surface area (Å²) in [6, 6.07) is 8.32. The molecular weight excluding hydrogens is 274 g/mol. The summed E-state index contributed by atoms with van der Waals surface area (Å²) in [6.07, 6.45) is 5.98. The molecule has 1 atom stereocenters. The van der Waals surface area contributed by atoms with Crippen molar-refractivity contribution in [3.05, 3.63) is 35.4 Å². The third kappa shape index (κ3) is 4.57. The molecule has 0 radical (unpaired) electrons. The molecule has 0 spiro atoms. The lowest BCUT2D eigenvalue weighted by molar-refractivity contribution is 0.0714. The maximum Gasteiger partial charge on any atom is 0.254 e. The molecule has 1 saturated heterocycles. The Balaban J connectivity index is 2.06. The van der Waals surface area contributed by atoms with Crippen molar-refractivity contribution in [3.63, 3.8) is 0 Å². The first-order chi connectivity index (χ1) is 10.4. The van der Waals surface area contributed by atoms with Crippen molar-refractivity contribution in [2.75, 3.05) is 6.54 Å². The molecule has 1 amide bonds. The zero-order valence-corrected chi connectivity index (χ0v) is 14.1. The van der Waals surface area contributed by atoms with E-state index in [2.05, 4.69) is 11.8 Å². The summed E-state index contributed by atoms with van der Waals surface area (Å²) in [5.74, 6) is 0.168. The van der Waals surface area contributed by atoms with E-state index >= 15 is 0 Å². The average molecular weight is 303 g/mol. The van der Waals surface area contributed by atoms with E-state index in [0.717, 1.165) is 49.8 Å². The molecule has 0 bridgehead atoms. The molecule has 0 aromatic heterocycles. The Morgan fingerprint density at radius 2 is 2.18 bits per heavy atom. The van der Waals surface area contributed by atoms with Gasteiger partial charge in [-0.1, -0.05) is 25.5 Å². The summed E-state index contributed by atoms with van der Waals surface area (Å²) in [5, 5.41) is 9.85. The Hall–Kier alpha value is -1.35. The van der Waals surface area contributed by atoms with Crippen LogP contribution in [0.15, 0.2) is 24.3 Å². The topological polar surface area (TPSA) is 40.5 Å². The standard InChI is InChI=1S/C19H29NO2/c1-4-7-17-10-6-13-20(17)18(21)16-9-5-8-15(14-16)11-12-19(2,3)22/h5,8-9,14,17,22H,4,6-7,10-13H2,1-3H3. The van der Waals surface area contributed by atoms with Crippen molar-refractivity contribution >= 4 is 5.91 Å². The van der Waals surface area contributed by atoms with Crippen LogP contribution < -0.4 is 0 Å². The molecule has 3 heteroatoms. The molecule has 22 heavy (non-hydrogen) atoms. The number of carbonyl (C=O) groups is 1. The minimum Gasteiger partial charge on any atom is -0.390 e. The van der Waals surface area contributed by atoms with E-state index in [1.165, 1.54) is 0 Å². The first-order valence-corrected chi connectivity index (χ1v) is 8.53. The van der Waals surface area contributed by atoms with Crippen LogP contribution in [0.5, 0.6) is 0 Å². The van der Waals surface area contributed by atoms with Crippen LogP contribution in [0.25, 0.3) is 0 Å². The maximum absolute atomic E-state index is 12.8. The van der Waals surface area contributed by atoms with Gasteiger partial charge >= 0.3 is 0 Å². The molecule has 2 rings (SSSR count). The highest BCUT2D eigenvalue weighted by Gasteiger charge is 2.28. The predicted octanol–water partition coefficient (Wildman–Crippen LogP) is 3.79. The van der Waals surface area contributed by atoms with Crippen LogP contribution >= 0.6 is 0 Å². The van der Waals surface area contributed by atoms with Crippen molar-refractivity contribution in [1.29, 1.82) is 0 Å². The third-order valence-corrected chi connectivity index (χ3v) is 4.46. The van der Waals surface area contributed by atoms with Crippen LogP contribution in [0.3, 0.4) is 0 Å². The fraction of sp³-hybridized carbons (Fsp3) is 0.632.